The molecule has 1 unspecified atom stereocenters. The number of rotatable bonds is 5. The average Bonchev–Trinajstić information content (AvgIpc) is 2.59. The van der Waals surface area contributed by atoms with Gasteiger partial charge in [-0.3, -0.25) is 9.59 Å². The molecule has 0 saturated carbocycles. The molecule has 3 nitrogen and oxygen atoms in total. The molecule has 0 radical (unpaired) electrons. The van der Waals surface area contributed by atoms with Crippen molar-refractivity contribution in [2.45, 2.75) is 19.9 Å². The minimum Gasteiger partial charge on any atom is -0.333 e. The van der Waals surface area contributed by atoms with Gasteiger partial charge in [-0.25, -0.2) is 0 Å². The number of nitrogens with zero attached hydrogens (tertiary/aromatic N) is 1. The van der Waals surface area contributed by atoms with Gasteiger partial charge in [-0.15, -0.1) is 0 Å². The average molecular weight is 319 g/mol. The Hall–Kier alpha value is -2.68. The molecule has 2 aromatic rings. The zero-order valence-corrected chi connectivity index (χ0v) is 13.8. The van der Waals surface area contributed by atoms with Crippen molar-refractivity contribution in [3.63, 3.8) is 0 Å². The SMILES string of the molecule is CC(=O)C1C=C(Cc2ccccc2)CN(Cc2ccccc2)C1=O. The number of ketones is 1. The van der Waals surface area contributed by atoms with Crippen LogP contribution < -0.4 is 0 Å². The Labute approximate surface area is 142 Å². The topological polar surface area (TPSA) is 37.4 Å². The van der Waals surface area contributed by atoms with Gasteiger partial charge in [-0.2, -0.15) is 0 Å². The summed E-state index contributed by atoms with van der Waals surface area (Å²) in [6.45, 7) is 2.60. The van der Waals surface area contributed by atoms with Crippen LogP contribution in [0.15, 0.2) is 72.3 Å². The van der Waals surface area contributed by atoms with Crippen molar-refractivity contribution < 1.29 is 9.59 Å². The van der Waals surface area contributed by atoms with E-state index in [1.807, 2.05) is 54.6 Å². The van der Waals surface area contributed by atoms with Gasteiger partial charge in [0.1, 0.15) is 11.7 Å². The molecule has 1 atom stereocenters. The molecular weight excluding hydrogens is 298 g/mol. The van der Waals surface area contributed by atoms with Crippen LogP contribution in [-0.2, 0) is 22.6 Å². The lowest BCUT2D eigenvalue weighted by molar-refractivity contribution is -0.139. The van der Waals surface area contributed by atoms with Crippen molar-refractivity contribution in [3.05, 3.63) is 83.4 Å². The Morgan fingerprint density at radius 2 is 1.58 bits per heavy atom. The summed E-state index contributed by atoms with van der Waals surface area (Å²) in [5.41, 5.74) is 3.39. The number of amides is 1. The molecule has 24 heavy (non-hydrogen) atoms. The lowest BCUT2D eigenvalue weighted by Gasteiger charge is -2.31. The first kappa shape index (κ1) is 16.2. The van der Waals surface area contributed by atoms with E-state index in [9.17, 15) is 9.59 Å². The molecule has 0 spiro atoms. The van der Waals surface area contributed by atoms with Crippen molar-refractivity contribution in [1.29, 1.82) is 0 Å². The summed E-state index contributed by atoms with van der Waals surface area (Å²) >= 11 is 0. The monoisotopic (exact) mass is 319 g/mol. The molecule has 0 saturated heterocycles. The third-order valence-electron chi connectivity index (χ3n) is 4.30. The molecule has 0 fully saturated rings. The summed E-state index contributed by atoms with van der Waals surface area (Å²) in [6, 6.07) is 20.0. The number of hydrogen-bond acceptors (Lipinski definition) is 2. The second kappa shape index (κ2) is 7.26. The second-order valence-electron chi connectivity index (χ2n) is 6.26. The zero-order chi connectivity index (χ0) is 16.9. The molecule has 0 bridgehead atoms. The largest absolute Gasteiger partial charge is 0.333 e. The summed E-state index contributed by atoms with van der Waals surface area (Å²) < 4.78 is 0. The number of carbonyl (C=O) groups excluding carboxylic acids is 2. The van der Waals surface area contributed by atoms with E-state index in [2.05, 4.69) is 12.1 Å². The summed E-state index contributed by atoms with van der Waals surface area (Å²) in [5.74, 6) is -0.840. The van der Waals surface area contributed by atoms with E-state index >= 15 is 0 Å². The molecule has 0 N–H and O–H groups in total. The van der Waals surface area contributed by atoms with Gasteiger partial charge in [0, 0.05) is 13.1 Å². The minimum absolute atomic E-state index is 0.0941. The Balaban J connectivity index is 1.82. The summed E-state index contributed by atoms with van der Waals surface area (Å²) in [5, 5.41) is 0. The predicted octanol–water partition coefficient (Wildman–Crippen LogP) is 3.40. The molecule has 0 aliphatic carbocycles. The number of Topliss-reactive ketones (excluding diaryl/α,β-unsaturated/α-hetero) is 1. The molecule has 2 aromatic carbocycles. The van der Waals surface area contributed by atoms with Crippen molar-refractivity contribution in [1.82, 2.24) is 4.90 Å². The highest BCUT2D eigenvalue weighted by Crippen LogP contribution is 2.22. The number of carbonyl (C=O) groups is 2. The lowest BCUT2D eigenvalue weighted by Crippen LogP contribution is -2.42. The second-order valence-corrected chi connectivity index (χ2v) is 6.26. The third kappa shape index (κ3) is 3.80. The Bertz CT molecular complexity index is 750. The van der Waals surface area contributed by atoms with Gasteiger partial charge in [0.25, 0.3) is 0 Å². The van der Waals surface area contributed by atoms with E-state index in [-0.39, 0.29) is 11.7 Å². The summed E-state index contributed by atoms with van der Waals surface area (Å²) in [6.07, 6.45) is 2.63. The Morgan fingerprint density at radius 3 is 2.17 bits per heavy atom. The summed E-state index contributed by atoms with van der Waals surface area (Å²) in [4.78, 5) is 26.3. The standard InChI is InChI=1S/C21H21NO2/c1-16(23)20-13-19(12-17-8-4-2-5-9-17)15-22(21(20)24)14-18-10-6-3-7-11-18/h2-11,13,20H,12,14-15H2,1H3. The fourth-order valence-electron chi connectivity index (χ4n) is 3.08. The van der Waals surface area contributed by atoms with Crippen molar-refractivity contribution in [2.75, 3.05) is 6.54 Å². The van der Waals surface area contributed by atoms with E-state index in [1.165, 1.54) is 12.5 Å². The predicted molar refractivity (Wildman–Crippen MR) is 94.3 cm³/mol. The van der Waals surface area contributed by atoms with Crippen LogP contribution in [0.4, 0.5) is 0 Å². The van der Waals surface area contributed by atoms with Crippen LogP contribution in [0.1, 0.15) is 18.1 Å². The van der Waals surface area contributed by atoms with Crippen LogP contribution in [0, 0.1) is 5.92 Å². The first-order valence-electron chi connectivity index (χ1n) is 8.20. The van der Waals surface area contributed by atoms with Crippen LogP contribution in [0.2, 0.25) is 0 Å². The first-order chi connectivity index (χ1) is 11.6. The highest BCUT2D eigenvalue weighted by atomic mass is 16.2. The quantitative estimate of drug-likeness (QED) is 0.626. The number of benzene rings is 2. The highest BCUT2D eigenvalue weighted by molar-refractivity contribution is 6.03. The van der Waals surface area contributed by atoms with Crippen LogP contribution in [0.5, 0.6) is 0 Å². The van der Waals surface area contributed by atoms with E-state index in [0.29, 0.717) is 13.1 Å². The molecule has 3 rings (SSSR count). The lowest BCUT2D eigenvalue weighted by atomic mass is 9.92. The first-order valence-corrected chi connectivity index (χ1v) is 8.20. The van der Waals surface area contributed by atoms with Crippen LogP contribution in [0.25, 0.3) is 0 Å². The number of hydrogen-bond donors (Lipinski definition) is 0. The van der Waals surface area contributed by atoms with E-state index < -0.39 is 5.92 Å². The zero-order valence-electron chi connectivity index (χ0n) is 13.8. The maximum absolute atomic E-state index is 12.6. The van der Waals surface area contributed by atoms with Crippen LogP contribution in [0.3, 0.4) is 0 Å². The van der Waals surface area contributed by atoms with Gasteiger partial charge in [0.05, 0.1) is 0 Å². The van der Waals surface area contributed by atoms with Gasteiger partial charge in [0.2, 0.25) is 5.91 Å². The molecule has 1 heterocycles. The highest BCUT2D eigenvalue weighted by Gasteiger charge is 2.31. The van der Waals surface area contributed by atoms with Crippen LogP contribution in [-0.4, -0.2) is 23.1 Å². The molecule has 3 heteroatoms. The third-order valence-corrected chi connectivity index (χ3v) is 4.30. The molecular formula is C21H21NO2. The molecule has 122 valence electrons. The van der Waals surface area contributed by atoms with Gasteiger partial charge in [-0.05, 0) is 30.0 Å². The normalized spacial score (nSPS) is 17.5. The van der Waals surface area contributed by atoms with Gasteiger partial charge < -0.3 is 4.90 Å². The molecule has 1 aliphatic heterocycles. The van der Waals surface area contributed by atoms with Crippen molar-refractivity contribution in [3.8, 4) is 0 Å². The maximum atomic E-state index is 12.6. The minimum atomic E-state index is -0.652. The van der Waals surface area contributed by atoms with E-state index in [1.54, 1.807) is 4.90 Å². The maximum Gasteiger partial charge on any atom is 0.237 e. The molecule has 1 aliphatic rings. The smallest absolute Gasteiger partial charge is 0.237 e. The van der Waals surface area contributed by atoms with Gasteiger partial charge in [0.15, 0.2) is 0 Å². The van der Waals surface area contributed by atoms with Crippen molar-refractivity contribution >= 4 is 11.7 Å². The van der Waals surface area contributed by atoms with Crippen LogP contribution >= 0.6 is 0 Å². The summed E-state index contributed by atoms with van der Waals surface area (Å²) in [7, 11) is 0. The van der Waals surface area contributed by atoms with E-state index in [4.69, 9.17) is 0 Å². The Morgan fingerprint density at radius 1 is 1.00 bits per heavy atom. The fraction of sp³-hybridized carbons (Fsp3) is 0.238. The van der Waals surface area contributed by atoms with Crippen molar-refractivity contribution in [2.24, 2.45) is 5.92 Å². The Kier molecular flexibility index (Phi) is 4.90. The molecule has 0 aromatic heterocycles. The fourth-order valence-corrected chi connectivity index (χ4v) is 3.08. The van der Waals surface area contributed by atoms with Gasteiger partial charge >= 0.3 is 0 Å². The van der Waals surface area contributed by atoms with Gasteiger partial charge in [-0.1, -0.05) is 66.7 Å². The van der Waals surface area contributed by atoms with E-state index in [0.717, 1.165) is 17.6 Å². The molecule has 1 amide bonds.